The van der Waals surface area contributed by atoms with Crippen molar-refractivity contribution in [2.45, 2.75) is 18.5 Å². The first-order chi connectivity index (χ1) is 10.5. The summed E-state index contributed by atoms with van der Waals surface area (Å²) in [4.78, 5) is 28.2. The van der Waals surface area contributed by atoms with E-state index in [9.17, 15) is 9.59 Å². The van der Waals surface area contributed by atoms with Gasteiger partial charge in [-0.05, 0) is 18.7 Å². The Kier molecular flexibility index (Phi) is 3.36. The first kappa shape index (κ1) is 14.8. The van der Waals surface area contributed by atoms with Crippen LogP contribution in [0.15, 0.2) is 24.3 Å². The summed E-state index contributed by atoms with van der Waals surface area (Å²) >= 11 is 0. The number of likely N-dealkylation sites (N-methyl/N-ethyl adjacent to an activating group) is 1. The number of para-hydroxylation sites is 1. The number of likely N-dealkylation sites (tertiary alicyclic amines) is 1. The normalized spacial score (nSPS) is 29.9. The minimum absolute atomic E-state index is 0.252. The maximum atomic E-state index is 12.3. The van der Waals surface area contributed by atoms with Gasteiger partial charge >= 0.3 is 12.1 Å². The van der Waals surface area contributed by atoms with Crippen LogP contribution in [0.25, 0.3) is 0 Å². The van der Waals surface area contributed by atoms with E-state index in [2.05, 4.69) is 0 Å². The molecule has 0 aliphatic carbocycles. The second-order valence-corrected chi connectivity index (χ2v) is 6.03. The smallest absolute Gasteiger partial charge is 0.415 e. The van der Waals surface area contributed by atoms with Gasteiger partial charge in [0.2, 0.25) is 0 Å². The Labute approximate surface area is 129 Å². The van der Waals surface area contributed by atoms with Gasteiger partial charge in [-0.1, -0.05) is 25.1 Å². The van der Waals surface area contributed by atoms with Crippen LogP contribution in [0.2, 0.25) is 0 Å². The highest BCUT2D eigenvalue weighted by molar-refractivity contribution is 5.94. The highest BCUT2D eigenvalue weighted by Gasteiger charge is 2.62. The lowest BCUT2D eigenvalue weighted by molar-refractivity contribution is -0.146. The summed E-state index contributed by atoms with van der Waals surface area (Å²) in [5, 5.41) is 0. The third kappa shape index (κ3) is 1.70. The van der Waals surface area contributed by atoms with Gasteiger partial charge < -0.3 is 9.47 Å². The number of ether oxygens (including phenoxy) is 2. The molecule has 118 valence electrons. The fourth-order valence-electron chi connectivity index (χ4n) is 4.04. The highest BCUT2D eigenvalue weighted by Crippen LogP contribution is 2.54. The average Bonchev–Trinajstić information content (AvgIpc) is 2.95. The lowest BCUT2D eigenvalue weighted by Gasteiger charge is -2.33. The van der Waals surface area contributed by atoms with E-state index in [1.165, 1.54) is 14.2 Å². The number of methoxy groups -OCH3 is 2. The third-order valence-electron chi connectivity index (χ3n) is 4.99. The first-order valence-corrected chi connectivity index (χ1v) is 7.21. The summed E-state index contributed by atoms with van der Waals surface area (Å²) in [6, 6.07) is 7.67. The second-order valence-electron chi connectivity index (χ2n) is 6.03. The van der Waals surface area contributed by atoms with Crippen LogP contribution in [-0.4, -0.2) is 50.9 Å². The fraction of sp³-hybridized carbons (Fsp3) is 0.500. The van der Waals surface area contributed by atoms with Crippen molar-refractivity contribution in [1.82, 2.24) is 4.90 Å². The molecule has 1 aromatic rings. The van der Waals surface area contributed by atoms with Crippen LogP contribution >= 0.6 is 0 Å². The Morgan fingerprint density at radius 1 is 1.23 bits per heavy atom. The van der Waals surface area contributed by atoms with E-state index in [4.69, 9.17) is 9.47 Å². The van der Waals surface area contributed by atoms with Crippen LogP contribution in [0.3, 0.4) is 0 Å². The summed E-state index contributed by atoms with van der Waals surface area (Å²) < 4.78 is 9.95. The van der Waals surface area contributed by atoms with E-state index in [-0.39, 0.29) is 18.1 Å². The monoisotopic (exact) mass is 304 g/mol. The average molecular weight is 304 g/mol. The highest BCUT2D eigenvalue weighted by atomic mass is 16.5. The summed E-state index contributed by atoms with van der Waals surface area (Å²) in [7, 11) is 4.68. The van der Waals surface area contributed by atoms with Gasteiger partial charge in [0.25, 0.3) is 0 Å². The Morgan fingerprint density at radius 2 is 1.91 bits per heavy atom. The number of hydrogen-bond donors (Lipinski definition) is 0. The molecule has 0 radical (unpaired) electrons. The third-order valence-corrected chi connectivity index (χ3v) is 4.99. The summed E-state index contributed by atoms with van der Waals surface area (Å²) in [5.74, 6) is -0.582. The molecule has 6 nitrogen and oxygen atoms in total. The molecular weight excluding hydrogens is 284 g/mol. The number of carbonyl (C=O) groups is 2. The Hall–Kier alpha value is -2.08. The number of carbonyl (C=O) groups excluding carboxylic acids is 2. The van der Waals surface area contributed by atoms with Crippen LogP contribution in [0.4, 0.5) is 10.5 Å². The Morgan fingerprint density at radius 3 is 2.55 bits per heavy atom. The molecule has 0 unspecified atom stereocenters. The van der Waals surface area contributed by atoms with Gasteiger partial charge in [0.1, 0.15) is 6.17 Å². The fourth-order valence-corrected chi connectivity index (χ4v) is 4.04. The number of fused-ring (bicyclic) bond motifs is 3. The number of anilines is 1. The van der Waals surface area contributed by atoms with Crippen molar-refractivity contribution in [2.75, 3.05) is 32.7 Å². The molecule has 0 N–H and O–H groups in total. The van der Waals surface area contributed by atoms with E-state index in [0.717, 1.165) is 11.3 Å². The molecule has 0 saturated carbocycles. The van der Waals surface area contributed by atoms with E-state index in [0.29, 0.717) is 6.54 Å². The maximum absolute atomic E-state index is 12.3. The van der Waals surface area contributed by atoms with Crippen LogP contribution in [-0.2, 0) is 19.7 Å². The van der Waals surface area contributed by atoms with E-state index < -0.39 is 11.5 Å². The van der Waals surface area contributed by atoms with Crippen molar-refractivity contribution in [3.8, 4) is 0 Å². The number of benzene rings is 1. The number of nitrogens with zero attached hydrogens (tertiary/aromatic N) is 2. The van der Waals surface area contributed by atoms with E-state index in [1.807, 2.05) is 43.1 Å². The van der Waals surface area contributed by atoms with E-state index >= 15 is 0 Å². The van der Waals surface area contributed by atoms with Gasteiger partial charge in [0.15, 0.2) is 0 Å². The van der Waals surface area contributed by atoms with Crippen molar-refractivity contribution in [3.63, 3.8) is 0 Å². The summed E-state index contributed by atoms with van der Waals surface area (Å²) in [5.41, 5.74) is 1.25. The van der Waals surface area contributed by atoms with Gasteiger partial charge in [-0.25, -0.2) is 4.79 Å². The SMILES string of the molecule is COC(=O)[C@@H]1CN(C)[C@@H]2N(C(=O)OC)c3ccccc3[C@@]21C. The van der Waals surface area contributed by atoms with Crippen molar-refractivity contribution in [3.05, 3.63) is 29.8 Å². The number of esters is 1. The minimum atomic E-state index is -0.521. The van der Waals surface area contributed by atoms with E-state index in [1.54, 1.807) is 4.90 Å². The summed E-state index contributed by atoms with van der Waals surface area (Å²) in [6.07, 6.45) is -0.681. The van der Waals surface area contributed by atoms with Crippen LogP contribution in [0, 0.1) is 5.92 Å². The molecule has 2 heterocycles. The Balaban J connectivity index is 2.19. The van der Waals surface area contributed by atoms with Gasteiger partial charge in [0, 0.05) is 12.0 Å². The lowest BCUT2D eigenvalue weighted by atomic mass is 9.74. The van der Waals surface area contributed by atoms with Crippen LogP contribution < -0.4 is 4.90 Å². The molecule has 1 saturated heterocycles. The zero-order valence-corrected chi connectivity index (χ0v) is 13.2. The molecule has 2 aliphatic heterocycles. The molecule has 0 aromatic heterocycles. The molecule has 3 atom stereocenters. The maximum Gasteiger partial charge on any atom is 0.415 e. The summed E-state index contributed by atoms with van der Waals surface area (Å²) in [6.45, 7) is 2.56. The molecule has 6 heteroatoms. The van der Waals surface area contributed by atoms with Crippen molar-refractivity contribution >= 4 is 17.7 Å². The van der Waals surface area contributed by atoms with Gasteiger partial charge in [-0.2, -0.15) is 0 Å². The van der Waals surface area contributed by atoms with Gasteiger partial charge in [-0.15, -0.1) is 0 Å². The molecule has 0 spiro atoms. The molecule has 0 bridgehead atoms. The second kappa shape index (κ2) is 4.98. The van der Waals surface area contributed by atoms with Gasteiger partial charge in [-0.3, -0.25) is 14.6 Å². The molecule has 1 fully saturated rings. The zero-order valence-electron chi connectivity index (χ0n) is 13.2. The lowest BCUT2D eigenvalue weighted by Crippen LogP contribution is -2.51. The first-order valence-electron chi connectivity index (χ1n) is 7.21. The number of amides is 1. The molecule has 22 heavy (non-hydrogen) atoms. The Bertz CT molecular complexity index is 632. The number of hydrogen-bond acceptors (Lipinski definition) is 5. The van der Waals surface area contributed by atoms with Crippen LogP contribution in [0.1, 0.15) is 12.5 Å². The minimum Gasteiger partial charge on any atom is -0.469 e. The topological polar surface area (TPSA) is 59.1 Å². The largest absolute Gasteiger partial charge is 0.469 e. The number of rotatable bonds is 1. The van der Waals surface area contributed by atoms with Crippen LogP contribution in [0.5, 0.6) is 0 Å². The zero-order chi connectivity index (χ0) is 16.1. The standard InChI is InChI=1S/C16H20N2O4/c1-16-10-7-5-6-8-12(10)18(15(20)22-4)14(16)17(2)9-11(16)13(19)21-3/h5-8,11,14H,9H2,1-4H3/t11-,14+,16+/m0/s1. The van der Waals surface area contributed by atoms with Crippen molar-refractivity contribution in [1.29, 1.82) is 0 Å². The molecule has 3 rings (SSSR count). The van der Waals surface area contributed by atoms with Gasteiger partial charge in [0.05, 0.1) is 25.8 Å². The molecular formula is C16H20N2O4. The molecule has 2 aliphatic rings. The predicted octanol–water partition coefficient (Wildman–Crippen LogP) is 1.59. The predicted molar refractivity (Wildman–Crippen MR) is 80.6 cm³/mol. The van der Waals surface area contributed by atoms with Crippen molar-refractivity contribution in [2.24, 2.45) is 5.92 Å². The molecule has 1 aromatic carbocycles. The molecule has 1 amide bonds. The van der Waals surface area contributed by atoms with Crippen molar-refractivity contribution < 1.29 is 19.1 Å². The quantitative estimate of drug-likeness (QED) is 0.738.